The molecule has 0 aliphatic carbocycles. The van der Waals surface area contributed by atoms with Gasteiger partial charge in [0.15, 0.2) is 17.3 Å². The van der Waals surface area contributed by atoms with Crippen molar-refractivity contribution in [3.63, 3.8) is 0 Å². The fraction of sp³-hybridized carbons (Fsp3) is 0.588. The highest BCUT2D eigenvalue weighted by molar-refractivity contribution is 6.33. The predicted octanol–water partition coefficient (Wildman–Crippen LogP) is 7.82. The summed E-state index contributed by atoms with van der Waals surface area (Å²) in [7, 11) is 0. The third-order valence-electron chi connectivity index (χ3n) is 10.4. The standard InChI is InChI=1S/C51H73ClN4O13/c1-30(43(60)46(63)64)27-40(58)38(15-13-14-25-53-47(65)68-50(7,8)9)55-44(61)31(2)28-41(59)42(32(3)67-49(4,5)6)56-45(62)36(24-26-54-48(66)69-51(10,11)12)29-39(57)35-18-16-33(17-19-35)34-20-22-37(52)23-21-34/h16-23,30-32,36,38,42H,13-15,24-29H2,1-12H3,(H,53,65)(H,54,66)(H,55,61)(H,56,62)(H,63,64)/t30-,31-,32-,36-,38+,42+/m1/s1. The molecule has 0 fully saturated rings. The fourth-order valence-corrected chi connectivity index (χ4v) is 7.18. The van der Waals surface area contributed by atoms with Crippen molar-refractivity contribution in [1.29, 1.82) is 0 Å². The molecule has 6 atom stereocenters. The van der Waals surface area contributed by atoms with Gasteiger partial charge in [0.25, 0.3) is 0 Å². The molecule has 0 heterocycles. The molecule has 0 radical (unpaired) electrons. The number of carboxylic acid groups (broad SMARTS) is 1. The van der Waals surface area contributed by atoms with Crippen molar-refractivity contribution in [3.8, 4) is 11.1 Å². The van der Waals surface area contributed by atoms with Gasteiger partial charge < -0.3 is 40.6 Å². The van der Waals surface area contributed by atoms with Crippen LogP contribution in [0, 0.1) is 17.8 Å². The van der Waals surface area contributed by atoms with Gasteiger partial charge in [-0.1, -0.05) is 61.8 Å². The van der Waals surface area contributed by atoms with E-state index in [9.17, 15) is 48.3 Å². The highest BCUT2D eigenvalue weighted by Gasteiger charge is 2.36. The Hall–Kier alpha value is -5.68. The highest BCUT2D eigenvalue weighted by Crippen LogP contribution is 2.24. The molecule has 5 N–H and O–H groups in total. The van der Waals surface area contributed by atoms with Crippen LogP contribution in [0.25, 0.3) is 11.1 Å². The Kier molecular flexibility index (Phi) is 23.2. The number of halogens is 1. The molecule has 69 heavy (non-hydrogen) atoms. The van der Waals surface area contributed by atoms with Gasteiger partial charge in [-0.15, -0.1) is 0 Å². The van der Waals surface area contributed by atoms with E-state index >= 15 is 0 Å². The molecular formula is C51H73ClN4O13. The van der Waals surface area contributed by atoms with Crippen LogP contribution in [0.1, 0.15) is 138 Å². The number of aliphatic carboxylic acids is 1. The van der Waals surface area contributed by atoms with Crippen LogP contribution in [0.4, 0.5) is 9.59 Å². The van der Waals surface area contributed by atoms with E-state index < -0.39 is 113 Å². The first-order valence-corrected chi connectivity index (χ1v) is 23.7. The number of unbranched alkanes of at least 4 members (excludes halogenated alkanes) is 1. The van der Waals surface area contributed by atoms with E-state index in [1.807, 2.05) is 12.1 Å². The number of ketones is 4. The van der Waals surface area contributed by atoms with Crippen LogP contribution in [0.3, 0.4) is 0 Å². The van der Waals surface area contributed by atoms with Crippen LogP contribution in [0.2, 0.25) is 5.02 Å². The number of ether oxygens (including phenoxy) is 3. The molecule has 2 rings (SSSR count). The molecule has 0 aromatic heterocycles. The third kappa shape index (κ3) is 23.0. The molecule has 0 saturated heterocycles. The summed E-state index contributed by atoms with van der Waals surface area (Å²) in [6.45, 7) is 20.0. The number of Topliss-reactive ketones (excluding diaryl/α,β-unsaturated/α-hetero) is 4. The lowest BCUT2D eigenvalue weighted by Gasteiger charge is -2.32. The van der Waals surface area contributed by atoms with Gasteiger partial charge in [0.2, 0.25) is 17.6 Å². The average molecular weight is 986 g/mol. The van der Waals surface area contributed by atoms with Crippen LogP contribution in [0.15, 0.2) is 48.5 Å². The summed E-state index contributed by atoms with van der Waals surface area (Å²) in [5, 5.41) is 20.5. The molecule has 2 aromatic rings. The third-order valence-corrected chi connectivity index (χ3v) is 10.7. The maximum absolute atomic E-state index is 14.3. The molecular weight excluding hydrogens is 912 g/mol. The van der Waals surface area contributed by atoms with Crippen molar-refractivity contribution in [2.24, 2.45) is 17.8 Å². The predicted molar refractivity (Wildman–Crippen MR) is 261 cm³/mol. The summed E-state index contributed by atoms with van der Waals surface area (Å²) in [5.74, 6) is -9.08. The molecule has 0 saturated carbocycles. The summed E-state index contributed by atoms with van der Waals surface area (Å²) in [6.07, 6.45) is -2.72. The summed E-state index contributed by atoms with van der Waals surface area (Å²) in [6, 6.07) is 11.6. The summed E-state index contributed by atoms with van der Waals surface area (Å²) >= 11 is 6.05. The van der Waals surface area contributed by atoms with Crippen LogP contribution >= 0.6 is 11.6 Å². The Morgan fingerprint density at radius 3 is 1.61 bits per heavy atom. The Morgan fingerprint density at radius 1 is 0.594 bits per heavy atom. The molecule has 18 heteroatoms. The Labute approximate surface area is 411 Å². The number of alkyl carbamates (subject to hydrolysis) is 2. The van der Waals surface area contributed by atoms with Gasteiger partial charge in [-0.25, -0.2) is 14.4 Å². The quantitative estimate of drug-likeness (QED) is 0.0343. The second-order valence-electron chi connectivity index (χ2n) is 20.3. The molecule has 382 valence electrons. The first kappa shape index (κ1) is 59.4. The Bertz CT molecular complexity index is 2100. The molecule has 0 bridgehead atoms. The lowest BCUT2D eigenvalue weighted by Crippen LogP contribution is -2.53. The molecule has 17 nitrogen and oxygen atoms in total. The first-order valence-electron chi connectivity index (χ1n) is 23.3. The highest BCUT2D eigenvalue weighted by atomic mass is 35.5. The lowest BCUT2D eigenvalue weighted by molar-refractivity contribution is -0.151. The van der Waals surface area contributed by atoms with Crippen molar-refractivity contribution in [3.05, 3.63) is 59.1 Å². The maximum Gasteiger partial charge on any atom is 0.407 e. The summed E-state index contributed by atoms with van der Waals surface area (Å²) < 4.78 is 16.7. The largest absolute Gasteiger partial charge is 0.475 e. The first-order chi connectivity index (χ1) is 31.8. The van der Waals surface area contributed by atoms with Gasteiger partial charge in [0.1, 0.15) is 17.2 Å². The van der Waals surface area contributed by atoms with Crippen LogP contribution in [0.5, 0.6) is 0 Å². The van der Waals surface area contributed by atoms with E-state index in [4.69, 9.17) is 25.8 Å². The minimum absolute atomic E-state index is 0.0168. The molecule has 0 unspecified atom stereocenters. The zero-order valence-electron chi connectivity index (χ0n) is 42.2. The van der Waals surface area contributed by atoms with Crippen molar-refractivity contribution in [1.82, 2.24) is 21.3 Å². The van der Waals surface area contributed by atoms with Crippen LogP contribution < -0.4 is 21.3 Å². The van der Waals surface area contributed by atoms with Gasteiger partial charge >= 0.3 is 18.2 Å². The topological polar surface area (TPSA) is 250 Å². The van der Waals surface area contributed by atoms with Gasteiger partial charge in [-0.05, 0) is 118 Å². The minimum atomic E-state index is -1.70. The van der Waals surface area contributed by atoms with Gasteiger partial charge in [-0.3, -0.25) is 28.8 Å². The van der Waals surface area contributed by atoms with E-state index in [1.165, 1.54) is 13.8 Å². The fourth-order valence-electron chi connectivity index (χ4n) is 7.05. The average Bonchev–Trinajstić information content (AvgIpc) is 3.22. The van der Waals surface area contributed by atoms with E-state index in [0.29, 0.717) is 23.4 Å². The van der Waals surface area contributed by atoms with Crippen LogP contribution in [-0.2, 0) is 43.0 Å². The monoisotopic (exact) mass is 984 g/mol. The van der Waals surface area contributed by atoms with Crippen molar-refractivity contribution in [2.75, 3.05) is 13.1 Å². The molecule has 2 aromatic carbocycles. The number of benzene rings is 2. The number of nitrogens with one attached hydrogen (secondary N) is 4. The molecule has 0 spiro atoms. The van der Waals surface area contributed by atoms with Crippen molar-refractivity contribution >= 4 is 64.7 Å². The Balaban J connectivity index is 2.35. The number of hydrogen-bond donors (Lipinski definition) is 5. The molecule has 0 aliphatic rings. The normalized spacial score (nSPS) is 14.4. The SMILES string of the molecule is C[C@H](CC(=O)[C@@H](NC(=O)[C@H](CCNC(=O)OC(C)(C)C)CC(=O)c1ccc(-c2ccc(Cl)cc2)cc1)[C@@H](C)OC(C)(C)C)C(=O)N[C@@H](CCCCNC(=O)OC(C)(C)C)C(=O)C[C@@H](C)C(=O)C(=O)O. The van der Waals surface area contributed by atoms with Gasteiger partial charge in [-0.2, -0.15) is 0 Å². The van der Waals surface area contributed by atoms with Gasteiger partial charge in [0, 0.05) is 60.7 Å². The number of carbonyl (C=O) groups is 9. The zero-order chi connectivity index (χ0) is 52.4. The summed E-state index contributed by atoms with van der Waals surface area (Å²) in [4.78, 5) is 118. The summed E-state index contributed by atoms with van der Waals surface area (Å²) in [5.41, 5.74) is -0.237. The number of carbonyl (C=O) groups excluding carboxylic acids is 8. The van der Waals surface area contributed by atoms with E-state index in [0.717, 1.165) is 11.1 Å². The zero-order valence-corrected chi connectivity index (χ0v) is 42.9. The number of carboxylic acids is 1. The lowest BCUT2D eigenvalue weighted by atomic mass is 9.91. The molecule has 0 aliphatic heterocycles. The second-order valence-corrected chi connectivity index (χ2v) is 20.8. The molecule has 4 amide bonds. The number of amides is 4. The number of rotatable bonds is 26. The number of hydrogen-bond acceptors (Lipinski definition) is 12. The van der Waals surface area contributed by atoms with Gasteiger partial charge in [0.05, 0.1) is 17.7 Å². The van der Waals surface area contributed by atoms with Crippen molar-refractivity contribution in [2.45, 2.75) is 163 Å². The van der Waals surface area contributed by atoms with E-state index in [2.05, 4.69) is 21.3 Å². The Morgan fingerprint density at radius 2 is 1.10 bits per heavy atom. The smallest absolute Gasteiger partial charge is 0.407 e. The second kappa shape index (κ2) is 26.9. The van der Waals surface area contributed by atoms with E-state index in [-0.39, 0.29) is 38.1 Å². The van der Waals surface area contributed by atoms with Crippen LogP contribution in [-0.4, -0.2) is 106 Å². The maximum atomic E-state index is 14.3. The minimum Gasteiger partial charge on any atom is -0.475 e. The van der Waals surface area contributed by atoms with E-state index in [1.54, 1.807) is 106 Å². The van der Waals surface area contributed by atoms with Crippen molar-refractivity contribution < 1.29 is 62.5 Å².